The lowest BCUT2D eigenvalue weighted by Gasteiger charge is -2.38. The Hall–Kier alpha value is -1.85. The van der Waals surface area contributed by atoms with Gasteiger partial charge in [0.1, 0.15) is 0 Å². The Labute approximate surface area is 155 Å². The van der Waals surface area contributed by atoms with Gasteiger partial charge in [-0.05, 0) is 25.2 Å². The van der Waals surface area contributed by atoms with Crippen molar-refractivity contribution in [2.24, 2.45) is 5.92 Å². The molecule has 1 saturated heterocycles. The number of likely N-dealkylation sites (tertiary alicyclic amines) is 1. The second kappa shape index (κ2) is 7.05. The summed E-state index contributed by atoms with van der Waals surface area (Å²) in [6, 6.07) is 0.368. The maximum absolute atomic E-state index is 13.2. The second-order valence-electron chi connectivity index (χ2n) is 8.45. The number of hydrogen-bond donors (Lipinski definition) is 1. The number of hydrogen-bond acceptors (Lipinski definition) is 3. The van der Waals surface area contributed by atoms with E-state index in [0.717, 1.165) is 31.5 Å². The van der Waals surface area contributed by atoms with E-state index in [1.165, 1.54) is 24.1 Å². The number of rotatable bonds is 3. The first-order valence-corrected chi connectivity index (χ1v) is 10.2. The number of H-pyrrole nitrogens is 1. The number of carbonyl (C=O) groups is 2. The maximum atomic E-state index is 13.2. The minimum absolute atomic E-state index is 0.0377. The Morgan fingerprint density at radius 1 is 1.19 bits per heavy atom. The van der Waals surface area contributed by atoms with Crippen LogP contribution in [0.25, 0.3) is 0 Å². The van der Waals surface area contributed by atoms with Gasteiger partial charge in [-0.25, -0.2) is 0 Å². The Morgan fingerprint density at radius 2 is 1.96 bits per heavy atom. The fourth-order valence-electron chi connectivity index (χ4n) is 4.88. The van der Waals surface area contributed by atoms with Crippen molar-refractivity contribution in [2.75, 3.05) is 13.1 Å². The molecule has 0 radical (unpaired) electrons. The zero-order chi connectivity index (χ0) is 18.3. The smallest absolute Gasteiger partial charge is 0.227 e. The van der Waals surface area contributed by atoms with E-state index in [9.17, 15) is 9.59 Å². The number of aromatic amines is 1. The predicted octanol–water partition coefficient (Wildman–Crippen LogP) is 2.60. The molecule has 142 valence electrons. The average molecular weight is 358 g/mol. The number of piperidine rings is 1. The summed E-state index contributed by atoms with van der Waals surface area (Å²) in [6.07, 6.45) is 6.69. The molecule has 6 heteroatoms. The van der Waals surface area contributed by atoms with Crippen molar-refractivity contribution in [1.29, 1.82) is 0 Å². The normalized spacial score (nSPS) is 24.4. The fraction of sp³-hybridized carbons (Fsp3) is 0.750. The summed E-state index contributed by atoms with van der Waals surface area (Å²) in [6.45, 7) is 6.31. The van der Waals surface area contributed by atoms with E-state index >= 15 is 0 Å². The molecule has 0 bridgehead atoms. The highest BCUT2D eigenvalue weighted by Gasteiger charge is 2.37. The molecule has 2 fully saturated rings. The quantitative estimate of drug-likeness (QED) is 0.903. The van der Waals surface area contributed by atoms with Crippen LogP contribution < -0.4 is 0 Å². The van der Waals surface area contributed by atoms with Crippen LogP contribution in [0.15, 0.2) is 0 Å². The lowest BCUT2D eigenvalue weighted by atomic mass is 9.92. The predicted molar refractivity (Wildman–Crippen MR) is 98.5 cm³/mol. The Bertz CT molecular complexity index is 690. The average Bonchev–Trinajstić information content (AvgIpc) is 3.30. The van der Waals surface area contributed by atoms with Crippen molar-refractivity contribution in [2.45, 2.75) is 77.3 Å². The molecular formula is C20H30N4O2. The van der Waals surface area contributed by atoms with Crippen LogP contribution >= 0.6 is 0 Å². The molecular weight excluding hydrogens is 328 g/mol. The van der Waals surface area contributed by atoms with Crippen molar-refractivity contribution < 1.29 is 9.59 Å². The molecule has 1 aromatic rings. The summed E-state index contributed by atoms with van der Waals surface area (Å²) in [5.41, 5.74) is 3.48. The summed E-state index contributed by atoms with van der Waals surface area (Å²) >= 11 is 0. The number of nitrogens with zero attached hydrogens (tertiary/aromatic N) is 3. The maximum Gasteiger partial charge on any atom is 0.227 e. The fourth-order valence-corrected chi connectivity index (χ4v) is 4.88. The highest BCUT2D eigenvalue weighted by atomic mass is 16.2. The van der Waals surface area contributed by atoms with Crippen molar-refractivity contribution in [3.63, 3.8) is 0 Å². The van der Waals surface area contributed by atoms with Crippen LogP contribution in [0, 0.1) is 5.92 Å². The SMILES string of the molecule is CC(C)c1n[nH]c2c1CN(C(=O)C1CCC(=O)N(C3CCCC3)C1)CC2. The molecule has 2 amide bonds. The molecule has 4 rings (SSSR count). The van der Waals surface area contributed by atoms with Gasteiger partial charge in [0.15, 0.2) is 0 Å². The molecule has 2 aliphatic heterocycles. The van der Waals surface area contributed by atoms with Crippen LogP contribution in [0.4, 0.5) is 0 Å². The third kappa shape index (κ3) is 3.14. The Balaban J connectivity index is 1.45. The third-order valence-corrected chi connectivity index (χ3v) is 6.38. The number of amides is 2. The number of carbonyl (C=O) groups excluding carboxylic acids is 2. The van der Waals surface area contributed by atoms with E-state index in [4.69, 9.17) is 0 Å². The molecule has 0 spiro atoms. The summed E-state index contributed by atoms with van der Waals surface area (Å²) in [4.78, 5) is 29.6. The van der Waals surface area contributed by atoms with Crippen LogP contribution in [-0.2, 0) is 22.6 Å². The van der Waals surface area contributed by atoms with Crippen molar-refractivity contribution in [1.82, 2.24) is 20.0 Å². The molecule has 1 aliphatic carbocycles. The molecule has 0 aromatic carbocycles. The Morgan fingerprint density at radius 3 is 2.69 bits per heavy atom. The van der Waals surface area contributed by atoms with E-state index in [2.05, 4.69) is 24.0 Å². The first-order chi connectivity index (χ1) is 12.5. The van der Waals surface area contributed by atoms with Crippen LogP contribution in [0.2, 0.25) is 0 Å². The minimum atomic E-state index is -0.0377. The van der Waals surface area contributed by atoms with E-state index in [-0.39, 0.29) is 17.7 Å². The lowest BCUT2D eigenvalue weighted by molar-refractivity contribution is -0.145. The molecule has 1 aromatic heterocycles. The van der Waals surface area contributed by atoms with Crippen molar-refractivity contribution in [3.8, 4) is 0 Å². The van der Waals surface area contributed by atoms with Gasteiger partial charge in [-0.2, -0.15) is 5.10 Å². The third-order valence-electron chi connectivity index (χ3n) is 6.38. The number of nitrogens with one attached hydrogen (secondary N) is 1. The van der Waals surface area contributed by atoms with Gasteiger partial charge in [-0.1, -0.05) is 26.7 Å². The first kappa shape index (κ1) is 17.6. The van der Waals surface area contributed by atoms with Crippen molar-refractivity contribution in [3.05, 3.63) is 17.0 Å². The van der Waals surface area contributed by atoms with E-state index in [1.54, 1.807) is 0 Å². The van der Waals surface area contributed by atoms with Crippen molar-refractivity contribution >= 4 is 11.8 Å². The summed E-state index contributed by atoms with van der Waals surface area (Å²) < 4.78 is 0. The van der Waals surface area contributed by atoms with Crippen LogP contribution in [0.3, 0.4) is 0 Å². The van der Waals surface area contributed by atoms with Gasteiger partial charge in [0, 0.05) is 49.8 Å². The number of aromatic nitrogens is 2. The molecule has 1 saturated carbocycles. The molecule has 1 N–H and O–H groups in total. The summed E-state index contributed by atoms with van der Waals surface area (Å²) in [7, 11) is 0. The second-order valence-corrected chi connectivity index (χ2v) is 8.45. The van der Waals surface area contributed by atoms with Gasteiger partial charge in [0.2, 0.25) is 11.8 Å². The summed E-state index contributed by atoms with van der Waals surface area (Å²) in [5.74, 6) is 0.792. The van der Waals surface area contributed by atoms with Gasteiger partial charge in [-0.3, -0.25) is 14.7 Å². The van der Waals surface area contributed by atoms with Crippen LogP contribution in [0.1, 0.15) is 75.2 Å². The minimum Gasteiger partial charge on any atom is -0.339 e. The zero-order valence-corrected chi connectivity index (χ0v) is 16.0. The van der Waals surface area contributed by atoms with E-state index < -0.39 is 0 Å². The first-order valence-electron chi connectivity index (χ1n) is 10.2. The van der Waals surface area contributed by atoms with Gasteiger partial charge in [0.25, 0.3) is 0 Å². The topological polar surface area (TPSA) is 69.3 Å². The number of fused-ring (bicyclic) bond motifs is 1. The van der Waals surface area contributed by atoms with E-state index in [0.29, 0.717) is 37.9 Å². The Kier molecular flexibility index (Phi) is 4.76. The summed E-state index contributed by atoms with van der Waals surface area (Å²) in [5, 5.41) is 7.62. The molecule has 3 aliphatic rings. The van der Waals surface area contributed by atoms with Gasteiger partial charge in [0.05, 0.1) is 11.6 Å². The molecule has 3 heterocycles. The van der Waals surface area contributed by atoms with Gasteiger partial charge in [-0.15, -0.1) is 0 Å². The van der Waals surface area contributed by atoms with Crippen LogP contribution in [0.5, 0.6) is 0 Å². The molecule has 1 atom stereocenters. The monoisotopic (exact) mass is 358 g/mol. The van der Waals surface area contributed by atoms with Gasteiger partial charge < -0.3 is 9.80 Å². The molecule has 26 heavy (non-hydrogen) atoms. The lowest BCUT2D eigenvalue weighted by Crippen LogP contribution is -2.50. The van der Waals surface area contributed by atoms with Gasteiger partial charge >= 0.3 is 0 Å². The highest BCUT2D eigenvalue weighted by Crippen LogP contribution is 2.31. The largest absolute Gasteiger partial charge is 0.339 e. The van der Waals surface area contributed by atoms with E-state index in [1.807, 2.05) is 9.80 Å². The van der Waals surface area contributed by atoms with Crippen LogP contribution in [-0.4, -0.2) is 50.9 Å². The molecule has 1 unspecified atom stereocenters. The standard InChI is InChI=1S/C20H30N4O2/c1-13(2)19-16-12-23(10-9-17(16)21-22-19)20(26)14-7-8-18(25)24(11-14)15-5-3-4-6-15/h13-15H,3-12H2,1-2H3,(H,21,22). The highest BCUT2D eigenvalue weighted by molar-refractivity contribution is 5.84. The molecule has 6 nitrogen and oxygen atoms in total. The zero-order valence-electron chi connectivity index (χ0n) is 16.0.